The zero-order valence-electron chi connectivity index (χ0n) is 26.3. The van der Waals surface area contributed by atoms with Gasteiger partial charge in [-0.25, -0.2) is 0 Å². The Balaban J connectivity index is 3.14. The summed E-state index contributed by atoms with van der Waals surface area (Å²) in [6.45, 7) is 11.1. The number of hydrogen-bond acceptors (Lipinski definition) is 8. The summed E-state index contributed by atoms with van der Waals surface area (Å²) in [5.41, 5.74) is 0. The highest BCUT2D eigenvalue weighted by atomic mass is 16.6. The molecule has 40 heavy (non-hydrogen) atoms. The van der Waals surface area contributed by atoms with Crippen molar-refractivity contribution in [1.82, 2.24) is 0 Å². The lowest BCUT2D eigenvalue weighted by atomic mass is 10.0. The van der Waals surface area contributed by atoms with Crippen LogP contribution in [-0.4, -0.2) is 91.9 Å². The van der Waals surface area contributed by atoms with E-state index in [9.17, 15) is 4.79 Å². The lowest BCUT2D eigenvalue weighted by Gasteiger charge is -2.08. The average molecular weight is 577 g/mol. The van der Waals surface area contributed by atoms with E-state index in [0.717, 1.165) is 12.8 Å². The second-order valence-corrected chi connectivity index (χ2v) is 10.2. The number of rotatable bonds is 35. The minimum Gasteiger partial charge on any atom is -0.463 e. The lowest BCUT2D eigenvalue weighted by molar-refractivity contribution is -0.145. The maximum absolute atomic E-state index is 11.8. The fraction of sp³-hybridized carbons (Fsp3) is 0.969. The molecule has 0 radical (unpaired) electrons. The molecule has 0 fully saturated rings. The fourth-order valence-corrected chi connectivity index (χ4v) is 4.17. The van der Waals surface area contributed by atoms with Gasteiger partial charge >= 0.3 is 5.97 Å². The van der Waals surface area contributed by atoms with Crippen molar-refractivity contribution in [2.24, 2.45) is 0 Å². The molecule has 8 heteroatoms. The van der Waals surface area contributed by atoms with E-state index in [4.69, 9.17) is 33.2 Å². The molecule has 0 aromatic carbocycles. The molecule has 0 aromatic heterocycles. The monoisotopic (exact) mass is 576 g/mol. The highest BCUT2D eigenvalue weighted by molar-refractivity contribution is 5.69. The van der Waals surface area contributed by atoms with Gasteiger partial charge in [0.05, 0.1) is 72.7 Å². The van der Waals surface area contributed by atoms with Crippen LogP contribution >= 0.6 is 0 Å². The molecule has 0 saturated carbocycles. The summed E-state index contributed by atoms with van der Waals surface area (Å²) >= 11 is 0. The van der Waals surface area contributed by atoms with Crippen molar-refractivity contribution in [3.8, 4) is 0 Å². The predicted octanol–water partition coefficient (Wildman–Crippen LogP) is 6.91. The van der Waals surface area contributed by atoms with Crippen molar-refractivity contribution >= 4 is 5.97 Å². The Morgan fingerprint density at radius 3 is 1.02 bits per heavy atom. The molecule has 0 aromatic rings. The number of unbranched alkanes of at least 4 members (excludes halogenated alkanes) is 14. The van der Waals surface area contributed by atoms with Crippen molar-refractivity contribution in [1.29, 1.82) is 0 Å². The van der Waals surface area contributed by atoms with Gasteiger partial charge in [-0.3, -0.25) is 4.79 Å². The second kappa shape index (κ2) is 36.3. The summed E-state index contributed by atoms with van der Waals surface area (Å²) < 4.78 is 37.6. The Bertz CT molecular complexity index is 478. The summed E-state index contributed by atoms with van der Waals surface area (Å²) in [6.07, 6.45) is 20.3. The standard InChI is InChI=1S/C32H64O8/c1-3-5-6-7-8-9-10-11-12-13-14-15-16-17-18-19-32(33)40-31-30-39-29-28-38-27-26-37-25-24-36-23-22-35-21-20-34-4-2/h3-31H2,1-2H3. The van der Waals surface area contributed by atoms with Crippen LogP contribution in [0.2, 0.25) is 0 Å². The van der Waals surface area contributed by atoms with Gasteiger partial charge in [-0.15, -0.1) is 0 Å². The zero-order chi connectivity index (χ0) is 29.0. The molecule has 0 rings (SSSR count). The van der Waals surface area contributed by atoms with Crippen LogP contribution in [0.3, 0.4) is 0 Å². The van der Waals surface area contributed by atoms with E-state index in [-0.39, 0.29) is 5.97 Å². The third-order valence-electron chi connectivity index (χ3n) is 6.54. The normalized spacial score (nSPS) is 11.3. The van der Waals surface area contributed by atoms with Gasteiger partial charge in [-0.05, 0) is 13.3 Å². The molecule has 8 nitrogen and oxygen atoms in total. The molecule has 0 bridgehead atoms. The van der Waals surface area contributed by atoms with Crippen molar-refractivity contribution in [3.05, 3.63) is 0 Å². The molecule has 0 unspecified atom stereocenters. The summed E-state index contributed by atoms with van der Waals surface area (Å²) in [6, 6.07) is 0. The van der Waals surface area contributed by atoms with Crippen LogP contribution in [0.25, 0.3) is 0 Å². The average Bonchev–Trinajstić information content (AvgIpc) is 2.96. The number of esters is 1. The van der Waals surface area contributed by atoms with Gasteiger partial charge in [-0.2, -0.15) is 0 Å². The van der Waals surface area contributed by atoms with E-state index in [1.165, 1.54) is 83.5 Å². The molecular weight excluding hydrogens is 512 g/mol. The summed E-state index contributed by atoms with van der Waals surface area (Å²) in [7, 11) is 0. The Morgan fingerprint density at radius 2 is 0.675 bits per heavy atom. The van der Waals surface area contributed by atoms with E-state index in [0.29, 0.717) is 92.3 Å². The van der Waals surface area contributed by atoms with Crippen LogP contribution in [-0.2, 0) is 38.0 Å². The molecule has 0 aliphatic heterocycles. The highest BCUT2D eigenvalue weighted by Gasteiger charge is 2.03. The first-order valence-corrected chi connectivity index (χ1v) is 16.4. The first kappa shape index (κ1) is 39.2. The fourth-order valence-electron chi connectivity index (χ4n) is 4.17. The molecular formula is C32H64O8. The minimum atomic E-state index is -0.121. The van der Waals surface area contributed by atoms with Gasteiger partial charge in [0.25, 0.3) is 0 Å². The number of carbonyl (C=O) groups excluding carboxylic acids is 1. The van der Waals surface area contributed by atoms with Crippen LogP contribution in [0.1, 0.15) is 117 Å². The Labute approximate surface area is 246 Å². The maximum Gasteiger partial charge on any atom is 0.305 e. The largest absolute Gasteiger partial charge is 0.463 e. The molecule has 0 spiro atoms. The van der Waals surface area contributed by atoms with E-state index in [1.807, 2.05) is 6.92 Å². The number of hydrogen-bond donors (Lipinski definition) is 0. The zero-order valence-corrected chi connectivity index (χ0v) is 26.3. The summed E-state index contributed by atoms with van der Waals surface area (Å²) in [5.74, 6) is -0.121. The Morgan fingerprint density at radius 1 is 0.375 bits per heavy atom. The molecule has 0 aliphatic rings. The first-order chi connectivity index (χ1) is 19.8. The van der Waals surface area contributed by atoms with Gasteiger partial charge in [0.2, 0.25) is 0 Å². The third kappa shape index (κ3) is 35.3. The van der Waals surface area contributed by atoms with Gasteiger partial charge in [0, 0.05) is 13.0 Å². The third-order valence-corrected chi connectivity index (χ3v) is 6.54. The van der Waals surface area contributed by atoms with Crippen molar-refractivity contribution in [3.63, 3.8) is 0 Å². The Kier molecular flexibility index (Phi) is 35.6. The Hall–Kier alpha value is -0.770. The SMILES string of the molecule is CCCCCCCCCCCCCCCCCC(=O)OCCOCCOCCOCCOCCOCCOCC. The van der Waals surface area contributed by atoms with Gasteiger partial charge < -0.3 is 33.2 Å². The smallest absolute Gasteiger partial charge is 0.305 e. The lowest BCUT2D eigenvalue weighted by Crippen LogP contribution is -2.15. The van der Waals surface area contributed by atoms with E-state index in [2.05, 4.69) is 6.92 Å². The second-order valence-electron chi connectivity index (χ2n) is 10.2. The quantitative estimate of drug-likeness (QED) is 0.0595. The molecule has 0 atom stereocenters. The number of ether oxygens (including phenoxy) is 7. The van der Waals surface area contributed by atoms with Crippen LogP contribution in [0, 0.1) is 0 Å². The molecule has 0 aliphatic carbocycles. The van der Waals surface area contributed by atoms with E-state index >= 15 is 0 Å². The van der Waals surface area contributed by atoms with Crippen molar-refractivity contribution in [2.75, 3.05) is 85.9 Å². The topological polar surface area (TPSA) is 81.7 Å². The molecule has 240 valence electrons. The molecule has 0 heterocycles. The minimum absolute atomic E-state index is 0.121. The van der Waals surface area contributed by atoms with Crippen LogP contribution in [0.5, 0.6) is 0 Å². The molecule has 0 amide bonds. The summed E-state index contributed by atoms with van der Waals surface area (Å²) in [5, 5.41) is 0. The molecule has 0 saturated heterocycles. The highest BCUT2D eigenvalue weighted by Crippen LogP contribution is 2.13. The maximum atomic E-state index is 11.8. The van der Waals surface area contributed by atoms with E-state index in [1.54, 1.807) is 0 Å². The van der Waals surface area contributed by atoms with E-state index < -0.39 is 0 Å². The van der Waals surface area contributed by atoms with Crippen LogP contribution in [0.15, 0.2) is 0 Å². The first-order valence-electron chi connectivity index (χ1n) is 16.4. The summed E-state index contributed by atoms with van der Waals surface area (Å²) in [4.78, 5) is 11.8. The number of carbonyl (C=O) groups is 1. The van der Waals surface area contributed by atoms with Gasteiger partial charge in [-0.1, -0.05) is 96.8 Å². The van der Waals surface area contributed by atoms with Crippen molar-refractivity contribution < 1.29 is 38.0 Å². The molecule has 0 N–H and O–H groups in total. The van der Waals surface area contributed by atoms with Crippen LogP contribution in [0.4, 0.5) is 0 Å². The van der Waals surface area contributed by atoms with Gasteiger partial charge in [0.1, 0.15) is 6.61 Å². The van der Waals surface area contributed by atoms with Gasteiger partial charge in [0.15, 0.2) is 0 Å². The van der Waals surface area contributed by atoms with Crippen LogP contribution < -0.4 is 0 Å². The van der Waals surface area contributed by atoms with Crippen molar-refractivity contribution in [2.45, 2.75) is 117 Å². The predicted molar refractivity (Wildman–Crippen MR) is 161 cm³/mol.